The van der Waals surface area contributed by atoms with Crippen molar-refractivity contribution in [1.29, 1.82) is 0 Å². The van der Waals surface area contributed by atoms with Gasteiger partial charge in [-0.3, -0.25) is 14.3 Å². The summed E-state index contributed by atoms with van der Waals surface area (Å²) in [6, 6.07) is 0. The van der Waals surface area contributed by atoms with Crippen LogP contribution >= 0.6 is 15.9 Å². The van der Waals surface area contributed by atoms with Gasteiger partial charge in [0.1, 0.15) is 6.23 Å². The summed E-state index contributed by atoms with van der Waals surface area (Å²) in [7, 11) is 0. The molecule has 0 spiro atoms. The maximum Gasteiger partial charge on any atom is 0.330 e. The SMILES string of the molecule is O=c1[nH]c(=O)n([C@@H]2O[C@H](CO)[C@H]2CO)cc1/C=C/Br. The second-order valence-electron chi connectivity index (χ2n) is 4.14. The van der Waals surface area contributed by atoms with Gasteiger partial charge in [0.2, 0.25) is 0 Å². The normalized spacial score (nSPS) is 26.6. The Balaban J connectivity index is 2.38. The number of nitrogens with zero attached hydrogens (tertiary/aromatic N) is 1. The van der Waals surface area contributed by atoms with E-state index >= 15 is 0 Å². The molecule has 0 saturated carbocycles. The predicted molar refractivity (Wildman–Crippen MR) is 70.9 cm³/mol. The summed E-state index contributed by atoms with van der Waals surface area (Å²) < 4.78 is 6.53. The first-order valence-electron chi connectivity index (χ1n) is 5.61. The van der Waals surface area contributed by atoms with Crippen LogP contribution in [-0.4, -0.2) is 39.1 Å². The molecule has 104 valence electrons. The Morgan fingerprint density at radius 2 is 2.16 bits per heavy atom. The molecule has 0 aromatic carbocycles. The van der Waals surface area contributed by atoms with Crippen molar-refractivity contribution in [2.24, 2.45) is 5.92 Å². The summed E-state index contributed by atoms with van der Waals surface area (Å²) in [6.07, 6.45) is 1.67. The van der Waals surface area contributed by atoms with Gasteiger partial charge in [0.15, 0.2) is 0 Å². The minimum atomic E-state index is -0.686. The van der Waals surface area contributed by atoms with E-state index in [2.05, 4.69) is 20.9 Å². The van der Waals surface area contributed by atoms with E-state index in [0.717, 1.165) is 0 Å². The summed E-state index contributed by atoms with van der Waals surface area (Å²) in [6.45, 7) is -0.445. The van der Waals surface area contributed by atoms with Crippen molar-refractivity contribution in [2.45, 2.75) is 12.3 Å². The van der Waals surface area contributed by atoms with Crippen molar-refractivity contribution in [3.63, 3.8) is 0 Å². The van der Waals surface area contributed by atoms with E-state index in [1.807, 2.05) is 0 Å². The van der Waals surface area contributed by atoms with Gasteiger partial charge < -0.3 is 14.9 Å². The molecule has 0 unspecified atom stereocenters. The van der Waals surface area contributed by atoms with Crippen molar-refractivity contribution in [2.75, 3.05) is 13.2 Å². The maximum atomic E-state index is 11.7. The Kier molecular flexibility index (Phi) is 4.35. The average molecular weight is 333 g/mol. The van der Waals surface area contributed by atoms with Crippen LogP contribution in [0, 0.1) is 5.92 Å². The minimum Gasteiger partial charge on any atom is -0.396 e. The Bertz CT molecular complexity index is 593. The first kappa shape index (κ1) is 14.2. The molecular formula is C11H13BrN2O5. The van der Waals surface area contributed by atoms with E-state index < -0.39 is 23.6 Å². The lowest BCUT2D eigenvalue weighted by Gasteiger charge is -2.43. The van der Waals surface area contributed by atoms with Gasteiger partial charge in [-0.1, -0.05) is 15.9 Å². The fourth-order valence-corrected chi connectivity index (χ4v) is 2.29. The fraction of sp³-hybridized carbons (Fsp3) is 0.455. The van der Waals surface area contributed by atoms with Crippen molar-refractivity contribution in [3.8, 4) is 0 Å². The van der Waals surface area contributed by atoms with Crippen LogP contribution in [0.3, 0.4) is 0 Å². The van der Waals surface area contributed by atoms with E-state index in [4.69, 9.17) is 9.84 Å². The first-order valence-corrected chi connectivity index (χ1v) is 6.53. The summed E-state index contributed by atoms with van der Waals surface area (Å²) in [5.41, 5.74) is -0.837. The van der Waals surface area contributed by atoms with Gasteiger partial charge in [0.05, 0.1) is 30.8 Å². The lowest BCUT2D eigenvalue weighted by Crippen LogP contribution is -2.52. The highest BCUT2D eigenvalue weighted by atomic mass is 79.9. The molecule has 1 aliphatic rings. The number of H-pyrrole nitrogens is 1. The number of aliphatic hydroxyl groups excluding tert-OH is 2. The van der Waals surface area contributed by atoms with Gasteiger partial charge in [0, 0.05) is 6.20 Å². The zero-order chi connectivity index (χ0) is 14.0. The van der Waals surface area contributed by atoms with Gasteiger partial charge in [0.25, 0.3) is 5.56 Å². The molecule has 1 saturated heterocycles. The lowest BCUT2D eigenvalue weighted by molar-refractivity contribution is -0.246. The predicted octanol–water partition coefficient (Wildman–Crippen LogP) is -0.600. The zero-order valence-electron chi connectivity index (χ0n) is 9.82. The molecule has 0 bridgehead atoms. The van der Waals surface area contributed by atoms with Crippen molar-refractivity contribution < 1.29 is 14.9 Å². The lowest BCUT2D eigenvalue weighted by atomic mass is 9.95. The standard InChI is InChI=1S/C11H13BrN2O5/c12-2-1-6-3-14(11(18)13-9(6)17)10-7(4-15)8(5-16)19-10/h1-3,7-8,10,15-16H,4-5H2,(H,13,17,18)/b2-1+/t7-,8-,10-/m1/s1. The summed E-state index contributed by atoms with van der Waals surface area (Å²) in [5, 5.41) is 18.2. The van der Waals surface area contributed by atoms with Crippen LogP contribution in [0.4, 0.5) is 0 Å². The van der Waals surface area contributed by atoms with Crippen LogP contribution in [-0.2, 0) is 4.74 Å². The molecule has 3 N–H and O–H groups in total. The second kappa shape index (κ2) is 5.83. The molecular weight excluding hydrogens is 320 g/mol. The van der Waals surface area contributed by atoms with Crippen LogP contribution in [0.1, 0.15) is 11.8 Å². The third kappa shape index (κ3) is 2.57. The number of aromatic amines is 1. The molecule has 0 radical (unpaired) electrons. The molecule has 2 heterocycles. The third-order valence-corrected chi connectivity index (χ3v) is 3.33. The van der Waals surface area contributed by atoms with E-state index in [-0.39, 0.29) is 24.7 Å². The number of ether oxygens (including phenoxy) is 1. The number of nitrogens with one attached hydrogen (secondary N) is 1. The molecule has 1 aliphatic heterocycles. The summed E-state index contributed by atoms with van der Waals surface area (Å²) in [4.78, 5) is 26.9. The Labute approximate surface area is 116 Å². The molecule has 2 rings (SSSR count). The van der Waals surface area contributed by atoms with Crippen LogP contribution in [0.2, 0.25) is 0 Å². The van der Waals surface area contributed by atoms with Crippen molar-refractivity contribution in [3.05, 3.63) is 37.6 Å². The molecule has 7 nitrogen and oxygen atoms in total. The quantitative estimate of drug-likeness (QED) is 0.683. The van der Waals surface area contributed by atoms with Crippen molar-refractivity contribution in [1.82, 2.24) is 9.55 Å². The minimum absolute atomic E-state index is 0.217. The van der Waals surface area contributed by atoms with Crippen LogP contribution < -0.4 is 11.2 Å². The number of aliphatic hydroxyl groups is 2. The zero-order valence-corrected chi connectivity index (χ0v) is 11.4. The second-order valence-corrected chi connectivity index (χ2v) is 4.67. The Hall–Kier alpha value is -1.22. The van der Waals surface area contributed by atoms with Gasteiger partial charge in [-0.2, -0.15) is 0 Å². The monoisotopic (exact) mass is 332 g/mol. The van der Waals surface area contributed by atoms with Gasteiger partial charge in [-0.05, 0) is 11.1 Å². The number of halogens is 1. The van der Waals surface area contributed by atoms with E-state index in [1.165, 1.54) is 21.8 Å². The van der Waals surface area contributed by atoms with E-state index in [9.17, 15) is 14.7 Å². The highest BCUT2D eigenvalue weighted by Gasteiger charge is 2.43. The number of aromatic nitrogens is 2. The summed E-state index contributed by atoms with van der Waals surface area (Å²) >= 11 is 3.05. The molecule has 3 atom stereocenters. The maximum absolute atomic E-state index is 11.7. The smallest absolute Gasteiger partial charge is 0.330 e. The Morgan fingerprint density at radius 3 is 2.74 bits per heavy atom. The van der Waals surface area contributed by atoms with E-state index in [0.29, 0.717) is 0 Å². The number of hydrogen-bond acceptors (Lipinski definition) is 5. The summed E-state index contributed by atoms with van der Waals surface area (Å²) in [5.74, 6) is -0.380. The van der Waals surface area contributed by atoms with E-state index in [1.54, 1.807) is 0 Å². The first-order chi connectivity index (χ1) is 9.12. The largest absolute Gasteiger partial charge is 0.396 e. The van der Waals surface area contributed by atoms with Gasteiger partial charge >= 0.3 is 5.69 Å². The molecule has 8 heteroatoms. The Morgan fingerprint density at radius 1 is 1.42 bits per heavy atom. The van der Waals surface area contributed by atoms with Crippen LogP contribution in [0.5, 0.6) is 0 Å². The molecule has 0 amide bonds. The highest BCUT2D eigenvalue weighted by molar-refractivity contribution is 9.11. The number of hydrogen-bond donors (Lipinski definition) is 3. The topological polar surface area (TPSA) is 105 Å². The van der Waals surface area contributed by atoms with Gasteiger partial charge in [-0.25, -0.2) is 4.79 Å². The van der Waals surface area contributed by atoms with Crippen molar-refractivity contribution >= 4 is 22.0 Å². The molecule has 1 aromatic heterocycles. The number of rotatable bonds is 4. The highest BCUT2D eigenvalue weighted by Crippen LogP contribution is 2.35. The van der Waals surface area contributed by atoms with Crippen LogP contribution in [0.25, 0.3) is 6.08 Å². The average Bonchev–Trinajstić information content (AvgIpc) is 2.34. The molecule has 1 fully saturated rings. The molecule has 0 aliphatic carbocycles. The van der Waals surface area contributed by atoms with Crippen LogP contribution in [0.15, 0.2) is 20.8 Å². The fourth-order valence-electron chi connectivity index (χ4n) is 2.01. The molecule has 19 heavy (non-hydrogen) atoms. The molecule has 1 aromatic rings. The third-order valence-electron chi connectivity index (χ3n) is 3.06. The van der Waals surface area contributed by atoms with Gasteiger partial charge in [-0.15, -0.1) is 0 Å².